The maximum absolute atomic E-state index is 11.7. The lowest BCUT2D eigenvalue weighted by Gasteiger charge is -2.21. The number of carboxylic acids is 1. The molecule has 1 saturated heterocycles. The van der Waals surface area contributed by atoms with Gasteiger partial charge in [-0.2, -0.15) is 5.26 Å². The first kappa shape index (κ1) is 14.0. The van der Waals surface area contributed by atoms with Gasteiger partial charge < -0.3 is 15.7 Å². The van der Waals surface area contributed by atoms with Crippen molar-refractivity contribution in [3.63, 3.8) is 0 Å². The third-order valence-corrected chi connectivity index (χ3v) is 2.86. The van der Waals surface area contributed by atoms with Crippen LogP contribution in [0.2, 0.25) is 0 Å². The van der Waals surface area contributed by atoms with Gasteiger partial charge in [0.15, 0.2) is 0 Å². The molecule has 0 aliphatic carbocycles. The van der Waals surface area contributed by atoms with E-state index in [1.807, 2.05) is 6.07 Å². The maximum atomic E-state index is 11.7. The summed E-state index contributed by atoms with van der Waals surface area (Å²) in [7, 11) is 0. The number of carbonyl (C=O) groups excluding carboxylic acids is 2. The summed E-state index contributed by atoms with van der Waals surface area (Å²) in [5, 5.41) is 22.4. The number of hydrogen-bond acceptors (Lipinski definition) is 4. The maximum Gasteiger partial charge on any atom is 0.326 e. The molecule has 0 radical (unpaired) electrons. The highest BCUT2D eigenvalue weighted by atomic mass is 16.4. The molecule has 0 bridgehead atoms. The van der Waals surface area contributed by atoms with Crippen molar-refractivity contribution in [1.82, 2.24) is 10.6 Å². The Morgan fingerprint density at radius 3 is 2.78 bits per heavy atom. The van der Waals surface area contributed by atoms with Crippen molar-refractivity contribution in [1.29, 1.82) is 5.26 Å². The summed E-state index contributed by atoms with van der Waals surface area (Å²) >= 11 is 0. The molecular weight excluding hydrogens is 238 g/mol. The van der Waals surface area contributed by atoms with Crippen LogP contribution in [0.1, 0.15) is 26.2 Å². The van der Waals surface area contributed by atoms with Crippen LogP contribution in [-0.2, 0) is 14.4 Å². The molecule has 7 nitrogen and oxygen atoms in total. The van der Waals surface area contributed by atoms with Gasteiger partial charge in [0.05, 0.1) is 6.07 Å². The van der Waals surface area contributed by atoms with Gasteiger partial charge in [-0.1, -0.05) is 6.92 Å². The molecule has 3 N–H and O–H groups in total. The molecule has 1 rings (SSSR count). The minimum Gasteiger partial charge on any atom is -0.480 e. The lowest BCUT2D eigenvalue weighted by molar-refractivity contribution is -0.143. The highest BCUT2D eigenvalue weighted by Gasteiger charge is 2.32. The van der Waals surface area contributed by atoms with Gasteiger partial charge in [0.1, 0.15) is 12.1 Å². The number of carbonyl (C=O) groups is 3. The summed E-state index contributed by atoms with van der Waals surface area (Å²) in [4.78, 5) is 33.7. The van der Waals surface area contributed by atoms with E-state index in [1.165, 1.54) is 0 Å². The van der Waals surface area contributed by atoms with Gasteiger partial charge in [-0.25, -0.2) is 4.79 Å². The summed E-state index contributed by atoms with van der Waals surface area (Å²) in [6.07, 6.45) is 0.668. The van der Waals surface area contributed by atoms with Crippen LogP contribution in [0.5, 0.6) is 0 Å². The van der Waals surface area contributed by atoms with Crippen molar-refractivity contribution in [3.05, 3.63) is 0 Å². The van der Waals surface area contributed by atoms with Gasteiger partial charge >= 0.3 is 5.97 Å². The minimum absolute atomic E-state index is 0.0360. The smallest absolute Gasteiger partial charge is 0.326 e. The molecule has 1 fully saturated rings. The van der Waals surface area contributed by atoms with Gasteiger partial charge in [0, 0.05) is 18.8 Å². The van der Waals surface area contributed by atoms with Crippen molar-refractivity contribution in [2.75, 3.05) is 0 Å². The molecule has 98 valence electrons. The summed E-state index contributed by atoms with van der Waals surface area (Å²) in [5.74, 6) is -2.41. The molecule has 1 heterocycles. The number of nitriles is 1. The Labute approximate surface area is 104 Å². The number of carboxylic acid groups (broad SMARTS) is 1. The molecule has 0 spiro atoms. The molecule has 3 atom stereocenters. The van der Waals surface area contributed by atoms with Crippen LogP contribution >= 0.6 is 0 Å². The third kappa shape index (κ3) is 3.45. The molecule has 0 saturated carbocycles. The molecule has 1 aliphatic heterocycles. The zero-order chi connectivity index (χ0) is 13.7. The van der Waals surface area contributed by atoms with E-state index in [0.717, 1.165) is 0 Å². The SMILES string of the molecule is C[C@H](CC#N)[C@H](NC(=O)[C@@H]1CCC(=O)N1)C(=O)O. The quantitative estimate of drug-likeness (QED) is 0.603. The number of rotatable bonds is 5. The van der Waals surface area contributed by atoms with Gasteiger partial charge in [0.2, 0.25) is 11.8 Å². The minimum atomic E-state index is -1.18. The van der Waals surface area contributed by atoms with E-state index >= 15 is 0 Å². The van der Waals surface area contributed by atoms with Gasteiger partial charge in [-0.05, 0) is 6.42 Å². The largest absolute Gasteiger partial charge is 0.480 e. The van der Waals surface area contributed by atoms with Crippen LogP contribution in [0.15, 0.2) is 0 Å². The Morgan fingerprint density at radius 1 is 1.67 bits per heavy atom. The molecule has 0 aromatic carbocycles. The summed E-state index contributed by atoms with van der Waals surface area (Å²) in [5.41, 5.74) is 0. The van der Waals surface area contributed by atoms with E-state index in [1.54, 1.807) is 6.92 Å². The van der Waals surface area contributed by atoms with E-state index in [4.69, 9.17) is 10.4 Å². The van der Waals surface area contributed by atoms with Gasteiger partial charge in [-0.15, -0.1) is 0 Å². The molecule has 0 aromatic rings. The Hall–Kier alpha value is -2.10. The first-order valence-electron chi connectivity index (χ1n) is 5.65. The lowest BCUT2D eigenvalue weighted by atomic mass is 9.98. The standard InChI is InChI=1S/C11H15N3O4/c1-6(4-5-12)9(11(17)18)14-10(16)7-2-3-8(15)13-7/h6-7,9H,2-4H2,1H3,(H,13,15)(H,14,16)(H,17,18)/t6-,7+,9+/m1/s1. The molecule has 2 amide bonds. The molecule has 1 aliphatic rings. The Bertz CT molecular complexity index is 402. The van der Waals surface area contributed by atoms with Crippen molar-refractivity contribution >= 4 is 17.8 Å². The van der Waals surface area contributed by atoms with E-state index in [2.05, 4.69) is 10.6 Å². The highest BCUT2D eigenvalue weighted by Crippen LogP contribution is 2.11. The first-order chi connectivity index (χ1) is 8.45. The molecule has 0 aromatic heterocycles. The zero-order valence-corrected chi connectivity index (χ0v) is 9.97. The molecular formula is C11H15N3O4. The fraction of sp³-hybridized carbons (Fsp3) is 0.636. The monoisotopic (exact) mass is 253 g/mol. The average molecular weight is 253 g/mol. The molecule has 7 heteroatoms. The second-order valence-electron chi connectivity index (χ2n) is 4.32. The normalized spacial score (nSPS) is 21.6. The summed E-state index contributed by atoms with van der Waals surface area (Å²) in [6.45, 7) is 1.58. The van der Waals surface area contributed by atoms with Crippen molar-refractivity contribution in [3.8, 4) is 6.07 Å². The summed E-state index contributed by atoms with van der Waals surface area (Å²) < 4.78 is 0. The summed E-state index contributed by atoms with van der Waals surface area (Å²) in [6, 6.07) is 0.0797. The molecule has 18 heavy (non-hydrogen) atoms. The van der Waals surface area contributed by atoms with Crippen molar-refractivity contribution < 1.29 is 19.5 Å². The van der Waals surface area contributed by atoms with Gasteiger partial charge in [-0.3, -0.25) is 9.59 Å². The Kier molecular flexibility index (Phi) is 4.66. The first-order valence-corrected chi connectivity index (χ1v) is 5.65. The Morgan fingerprint density at radius 2 is 2.33 bits per heavy atom. The lowest BCUT2D eigenvalue weighted by Crippen LogP contribution is -2.51. The fourth-order valence-electron chi connectivity index (χ4n) is 1.77. The number of hydrogen-bond donors (Lipinski definition) is 3. The fourth-order valence-corrected chi connectivity index (χ4v) is 1.77. The predicted molar refractivity (Wildman–Crippen MR) is 60.1 cm³/mol. The third-order valence-electron chi connectivity index (χ3n) is 2.86. The van der Waals surface area contributed by atoms with E-state index in [-0.39, 0.29) is 18.7 Å². The second kappa shape index (κ2) is 6.00. The van der Waals surface area contributed by atoms with E-state index < -0.39 is 29.9 Å². The van der Waals surface area contributed by atoms with Crippen molar-refractivity contribution in [2.24, 2.45) is 5.92 Å². The number of nitrogens with one attached hydrogen (secondary N) is 2. The van der Waals surface area contributed by atoms with E-state index in [0.29, 0.717) is 6.42 Å². The second-order valence-corrected chi connectivity index (χ2v) is 4.32. The molecule has 0 unspecified atom stereocenters. The van der Waals surface area contributed by atoms with Crippen LogP contribution in [0.3, 0.4) is 0 Å². The Balaban J connectivity index is 2.61. The van der Waals surface area contributed by atoms with Crippen LogP contribution < -0.4 is 10.6 Å². The topological polar surface area (TPSA) is 119 Å². The van der Waals surface area contributed by atoms with Gasteiger partial charge in [0.25, 0.3) is 0 Å². The van der Waals surface area contributed by atoms with Crippen LogP contribution in [0.25, 0.3) is 0 Å². The van der Waals surface area contributed by atoms with Crippen LogP contribution in [0.4, 0.5) is 0 Å². The highest BCUT2D eigenvalue weighted by molar-refractivity contribution is 5.92. The number of nitrogens with zero attached hydrogens (tertiary/aromatic N) is 1. The van der Waals surface area contributed by atoms with Crippen LogP contribution in [-0.4, -0.2) is 35.0 Å². The predicted octanol–water partition coefficient (Wildman–Crippen LogP) is -0.616. The average Bonchev–Trinajstić information content (AvgIpc) is 2.72. The van der Waals surface area contributed by atoms with Crippen molar-refractivity contribution in [2.45, 2.75) is 38.3 Å². The van der Waals surface area contributed by atoms with Crippen LogP contribution in [0, 0.1) is 17.2 Å². The number of aliphatic carboxylic acids is 1. The zero-order valence-electron chi connectivity index (χ0n) is 9.97. The van der Waals surface area contributed by atoms with E-state index in [9.17, 15) is 14.4 Å². The number of amides is 2.